The predicted molar refractivity (Wildman–Crippen MR) is 87.8 cm³/mol. The molecule has 1 aromatic heterocycles. The molecule has 0 bridgehead atoms. The Kier molecular flexibility index (Phi) is 4.47. The highest BCUT2D eigenvalue weighted by Gasteiger charge is 2.20. The van der Waals surface area contributed by atoms with Gasteiger partial charge in [-0.15, -0.1) is 0 Å². The number of amides is 2. The van der Waals surface area contributed by atoms with Gasteiger partial charge in [0, 0.05) is 30.9 Å². The maximum atomic E-state index is 12.1. The molecule has 2 amide bonds. The van der Waals surface area contributed by atoms with Crippen molar-refractivity contribution in [2.24, 2.45) is 0 Å². The number of aromatic nitrogens is 1. The number of carbonyl (C=O) groups is 1. The second-order valence-corrected chi connectivity index (χ2v) is 5.95. The molecular weight excluding hydrogens is 274 g/mol. The molecule has 4 heteroatoms. The molecule has 1 aliphatic rings. The monoisotopic (exact) mass is 297 g/mol. The van der Waals surface area contributed by atoms with Crippen molar-refractivity contribution in [3.8, 4) is 0 Å². The lowest BCUT2D eigenvalue weighted by atomic mass is 9.96. The van der Waals surface area contributed by atoms with E-state index in [0.29, 0.717) is 12.5 Å². The number of benzene rings is 1. The van der Waals surface area contributed by atoms with E-state index in [0.717, 1.165) is 18.5 Å². The van der Waals surface area contributed by atoms with Gasteiger partial charge in [-0.1, -0.05) is 30.3 Å². The number of rotatable bonds is 4. The Morgan fingerprint density at radius 2 is 2.09 bits per heavy atom. The number of nitrogens with one attached hydrogen (secondary N) is 2. The maximum Gasteiger partial charge on any atom is 0.315 e. The molecule has 0 aliphatic carbocycles. The van der Waals surface area contributed by atoms with E-state index in [-0.39, 0.29) is 12.1 Å². The number of carbonyl (C=O) groups excluding carboxylic acids is 1. The van der Waals surface area contributed by atoms with E-state index in [1.54, 1.807) is 0 Å². The van der Waals surface area contributed by atoms with Crippen LogP contribution >= 0.6 is 0 Å². The standard InChI is InChI=1S/C18H23N3O/c1-14(15-7-3-2-4-8-15)20-18(22)19-13-16-9-5-11-21-12-6-10-17(16)21/h2-4,6-8,10,12,14,16H,5,9,11,13H2,1H3,(H2,19,20,22)/t14-,16-/m1/s1. The number of nitrogens with zero attached hydrogens (tertiary/aromatic N) is 1. The van der Waals surface area contributed by atoms with Gasteiger partial charge in [0.25, 0.3) is 0 Å². The van der Waals surface area contributed by atoms with Crippen molar-refractivity contribution in [2.75, 3.05) is 6.54 Å². The van der Waals surface area contributed by atoms with Crippen LogP contribution in [0.15, 0.2) is 48.7 Å². The quantitative estimate of drug-likeness (QED) is 0.892. The van der Waals surface area contributed by atoms with Gasteiger partial charge >= 0.3 is 6.03 Å². The minimum absolute atomic E-state index is 0.0106. The van der Waals surface area contributed by atoms with Crippen LogP contribution in [0.2, 0.25) is 0 Å². The smallest absolute Gasteiger partial charge is 0.315 e. The zero-order valence-corrected chi connectivity index (χ0v) is 13.0. The molecule has 0 saturated heterocycles. The molecule has 116 valence electrons. The molecule has 0 unspecified atom stereocenters. The molecular formula is C18H23N3O. The number of aryl methyl sites for hydroxylation is 1. The molecule has 3 rings (SSSR count). The summed E-state index contributed by atoms with van der Waals surface area (Å²) < 4.78 is 2.29. The Balaban J connectivity index is 1.51. The molecule has 0 spiro atoms. The van der Waals surface area contributed by atoms with Gasteiger partial charge in [-0.05, 0) is 37.5 Å². The van der Waals surface area contributed by atoms with Crippen molar-refractivity contribution in [3.63, 3.8) is 0 Å². The summed E-state index contributed by atoms with van der Waals surface area (Å²) in [4.78, 5) is 12.1. The van der Waals surface area contributed by atoms with Crippen LogP contribution in [-0.4, -0.2) is 17.1 Å². The lowest BCUT2D eigenvalue weighted by molar-refractivity contribution is 0.236. The highest BCUT2D eigenvalue weighted by molar-refractivity contribution is 5.74. The summed E-state index contributed by atoms with van der Waals surface area (Å²) in [6.07, 6.45) is 4.44. The molecule has 2 atom stereocenters. The first-order valence-electron chi connectivity index (χ1n) is 7.98. The highest BCUT2D eigenvalue weighted by Crippen LogP contribution is 2.26. The average molecular weight is 297 g/mol. The lowest BCUT2D eigenvalue weighted by Gasteiger charge is -2.25. The van der Waals surface area contributed by atoms with Gasteiger partial charge in [0.05, 0.1) is 6.04 Å². The summed E-state index contributed by atoms with van der Waals surface area (Å²) in [5, 5.41) is 6.02. The van der Waals surface area contributed by atoms with E-state index in [1.807, 2.05) is 37.3 Å². The topological polar surface area (TPSA) is 46.1 Å². The van der Waals surface area contributed by atoms with Crippen molar-refractivity contribution < 1.29 is 4.79 Å². The fourth-order valence-corrected chi connectivity index (χ4v) is 3.15. The van der Waals surface area contributed by atoms with Crippen LogP contribution < -0.4 is 10.6 Å². The Hall–Kier alpha value is -2.23. The molecule has 0 saturated carbocycles. The Morgan fingerprint density at radius 1 is 1.27 bits per heavy atom. The summed E-state index contributed by atoms with van der Waals surface area (Å²) in [6.45, 7) is 3.79. The van der Waals surface area contributed by atoms with E-state index in [9.17, 15) is 4.79 Å². The van der Waals surface area contributed by atoms with E-state index in [1.165, 1.54) is 12.1 Å². The summed E-state index contributed by atoms with van der Waals surface area (Å²) in [6, 6.07) is 14.2. The zero-order valence-electron chi connectivity index (χ0n) is 13.0. The predicted octanol–water partition coefficient (Wildman–Crippen LogP) is 3.43. The van der Waals surface area contributed by atoms with Crippen molar-refractivity contribution in [1.29, 1.82) is 0 Å². The largest absolute Gasteiger partial charge is 0.351 e. The first-order valence-corrected chi connectivity index (χ1v) is 7.98. The van der Waals surface area contributed by atoms with E-state index in [2.05, 4.69) is 33.5 Å². The Morgan fingerprint density at radius 3 is 2.91 bits per heavy atom. The van der Waals surface area contributed by atoms with Crippen molar-refractivity contribution in [3.05, 3.63) is 59.9 Å². The summed E-state index contributed by atoms with van der Waals surface area (Å²) in [5.74, 6) is 0.418. The molecule has 2 N–H and O–H groups in total. The van der Waals surface area contributed by atoms with Crippen molar-refractivity contribution >= 4 is 6.03 Å². The van der Waals surface area contributed by atoms with E-state index in [4.69, 9.17) is 0 Å². The lowest BCUT2D eigenvalue weighted by Crippen LogP contribution is -2.39. The van der Waals surface area contributed by atoms with Crippen molar-refractivity contribution in [2.45, 2.75) is 38.3 Å². The molecule has 0 radical (unpaired) electrons. The summed E-state index contributed by atoms with van der Waals surface area (Å²) >= 11 is 0. The minimum Gasteiger partial charge on any atom is -0.351 e. The van der Waals surface area contributed by atoms with Crippen LogP contribution in [0.4, 0.5) is 4.79 Å². The Bertz CT molecular complexity index is 620. The molecule has 22 heavy (non-hydrogen) atoms. The SMILES string of the molecule is C[C@@H](NC(=O)NC[C@H]1CCCn2cccc21)c1ccccc1. The van der Waals surface area contributed by atoms with Gasteiger partial charge < -0.3 is 15.2 Å². The molecule has 1 aliphatic heterocycles. The molecule has 2 aromatic rings. The second kappa shape index (κ2) is 6.69. The van der Waals surface area contributed by atoms with Crippen LogP contribution in [0.5, 0.6) is 0 Å². The first-order chi connectivity index (χ1) is 10.7. The maximum absolute atomic E-state index is 12.1. The van der Waals surface area contributed by atoms with Gasteiger partial charge in [0.1, 0.15) is 0 Å². The fourth-order valence-electron chi connectivity index (χ4n) is 3.15. The third-order valence-corrected chi connectivity index (χ3v) is 4.39. The second-order valence-electron chi connectivity index (χ2n) is 5.95. The average Bonchev–Trinajstić information content (AvgIpc) is 3.03. The van der Waals surface area contributed by atoms with Crippen LogP contribution in [0.25, 0.3) is 0 Å². The van der Waals surface area contributed by atoms with Gasteiger partial charge in [-0.2, -0.15) is 0 Å². The summed E-state index contributed by atoms with van der Waals surface area (Å²) in [5.41, 5.74) is 2.45. The van der Waals surface area contributed by atoms with E-state index < -0.39 is 0 Å². The molecule has 0 fully saturated rings. The van der Waals surface area contributed by atoms with Crippen LogP contribution in [-0.2, 0) is 6.54 Å². The molecule has 1 aromatic carbocycles. The number of urea groups is 1. The fraction of sp³-hybridized carbons (Fsp3) is 0.389. The third-order valence-electron chi connectivity index (χ3n) is 4.39. The third kappa shape index (κ3) is 3.32. The Labute approximate surface area is 131 Å². The van der Waals surface area contributed by atoms with Gasteiger partial charge in [0.2, 0.25) is 0 Å². The summed E-state index contributed by atoms with van der Waals surface area (Å²) in [7, 11) is 0. The van der Waals surface area contributed by atoms with E-state index >= 15 is 0 Å². The molecule has 2 heterocycles. The number of fused-ring (bicyclic) bond motifs is 1. The van der Waals surface area contributed by atoms with Gasteiger partial charge in [-0.25, -0.2) is 4.79 Å². The van der Waals surface area contributed by atoms with Gasteiger partial charge in [0.15, 0.2) is 0 Å². The highest BCUT2D eigenvalue weighted by atomic mass is 16.2. The number of hydrogen-bond donors (Lipinski definition) is 2. The minimum atomic E-state index is -0.0972. The van der Waals surface area contributed by atoms with Crippen LogP contribution in [0.3, 0.4) is 0 Å². The number of hydrogen-bond acceptors (Lipinski definition) is 1. The molecule has 4 nitrogen and oxygen atoms in total. The van der Waals surface area contributed by atoms with Crippen LogP contribution in [0, 0.1) is 0 Å². The van der Waals surface area contributed by atoms with Gasteiger partial charge in [-0.3, -0.25) is 0 Å². The van der Waals surface area contributed by atoms with Crippen molar-refractivity contribution in [1.82, 2.24) is 15.2 Å². The zero-order chi connectivity index (χ0) is 15.4. The normalized spacial score (nSPS) is 18.3. The van der Waals surface area contributed by atoms with Crippen LogP contribution in [0.1, 0.15) is 43.0 Å². The first kappa shape index (κ1) is 14.7.